The second kappa shape index (κ2) is 6.44. The van der Waals surface area contributed by atoms with Gasteiger partial charge in [-0.25, -0.2) is 0 Å². The van der Waals surface area contributed by atoms with Crippen LogP contribution in [0.4, 0.5) is 0 Å². The Bertz CT molecular complexity index is 402. The number of aliphatic hydroxyl groups excluding tert-OH is 1. The summed E-state index contributed by atoms with van der Waals surface area (Å²) in [4.78, 5) is 0. The van der Waals surface area contributed by atoms with E-state index < -0.39 is 0 Å². The number of hydrogen-bond donors (Lipinski definition) is 1. The van der Waals surface area contributed by atoms with Gasteiger partial charge in [-0.3, -0.25) is 4.68 Å². The molecule has 1 aliphatic rings. The third-order valence-electron chi connectivity index (χ3n) is 3.49. The van der Waals surface area contributed by atoms with Gasteiger partial charge in [0.15, 0.2) is 0 Å². The van der Waals surface area contributed by atoms with Gasteiger partial charge in [-0.05, 0) is 47.9 Å². The van der Waals surface area contributed by atoms with Crippen LogP contribution in [0.5, 0.6) is 0 Å². The monoisotopic (exact) mass is 332 g/mol. The molecule has 1 saturated heterocycles. The van der Waals surface area contributed by atoms with Crippen LogP contribution in [-0.2, 0) is 19.4 Å². The van der Waals surface area contributed by atoms with Gasteiger partial charge in [0, 0.05) is 18.2 Å². The number of rotatable bonds is 5. The average molecular weight is 333 g/mol. The zero-order valence-electron chi connectivity index (χ0n) is 11.0. The molecule has 0 bridgehead atoms. The van der Waals surface area contributed by atoms with E-state index in [0.717, 1.165) is 35.2 Å². The molecule has 2 heterocycles. The normalized spacial score (nSPS) is 21.4. The summed E-state index contributed by atoms with van der Waals surface area (Å²) < 4.78 is 3.11. The van der Waals surface area contributed by atoms with Crippen molar-refractivity contribution in [3.8, 4) is 0 Å². The van der Waals surface area contributed by atoms with Crippen LogP contribution < -0.4 is 0 Å². The van der Waals surface area contributed by atoms with Gasteiger partial charge in [0.25, 0.3) is 0 Å². The van der Waals surface area contributed by atoms with Crippen molar-refractivity contribution in [2.24, 2.45) is 0 Å². The molecular formula is C13H21BrN2OS. The molecule has 0 amide bonds. The van der Waals surface area contributed by atoms with Gasteiger partial charge in [-0.1, -0.05) is 6.92 Å². The molecule has 1 N–H and O–H groups in total. The van der Waals surface area contributed by atoms with Gasteiger partial charge in [0.2, 0.25) is 0 Å². The van der Waals surface area contributed by atoms with Crippen LogP contribution in [0.1, 0.15) is 38.1 Å². The number of aryl methyl sites for hydroxylation is 2. The maximum Gasteiger partial charge on any atom is 0.0766 e. The molecule has 0 aromatic carbocycles. The van der Waals surface area contributed by atoms with Crippen molar-refractivity contribution in [1.29, 1.82) is 0 Å². The Morgan fingerprint density at radius 3 is 2.89 bits per heavy atom. The molecule has 5 heteroatoms. The third kappa shape index (κ3) is 2.94. The lowest BCUT2D eigenvalue weighted by molar-refractivity contribution is 0.167. The molecule has 2 unspecified atom stereocenters. The highest BCUT2D eigenvalue weighted by molar-refractivity contribution is 9.10. The second-order valence-electron chi connectivity index (χ2n) is 4.70. The highest BCUT2D eigenvalue weighted by atomic mass is 79.9. The van der Waals surface area contributed by atoms with Crippen LogP contribution in [0.3, 0.4) is 0 Å². The summed E-state index contributed by atoms with van der Waals surface area (Å²) >= 11 is 5.55. The zero-order valence-corrected chi connectivity index (χ0v) is 13.4. The molecule has 1 aromatic rings. The first-order valence-corrected chi connectivity index (χ1v) is 8.55. The van der Waals surface area contributed by atoms with E-state index in [-0.39, 0.29) is 6.10 Å². The number of aliphatic hydroxyl groups is 1. The fourth-order valence-corrected chi connectivity index (χ4v) is 4.46. The number of nitrogens with zero attached hydrogens (tertiary/aromatic N) is 2. The van der Waals surface area contributed by atoms with E-state index in [0.29, 0.717) is 11.7 Å². The predicted octanol–water partition coefficient (Wildman–Crippen LogP) is 3.03. The van der Waals surface area contributed by atoms with E-state index in [1.165, 1.54) is 12.2 Å². The topological polar surface area (TPSA) is 38.0 Å². The lowest BCUT2D eigenvalue weighted by Gasteiger charge is -2.17. The summed E-state index contributed by atoms with van der Waals surface area (Å²) in [5.74, 6) is 1.19. The van der Waals surface area contributed by atoms with E-state index >= 15 is 0 Å². The molecular weight excluding hydrogens is 312 g/mol. The van der Waals surface area contributed by atoms with E-state index in [9.17, 15) is 5.11 Å². The molecule has 3 nitrogen and oxygen atoms in total. The van der Waals surface area contributed by atoms with Gasteiger partial charge in [-0.2, -0.15) is 16.9 Å². The first-order valence-electron chi connectivity index (χ1n) is 6.71. The molecule has 1 fully saturated rings. The van der Waals surface area contributed by atoms with Crippen LogP contribution in [0.25, 0.3) is 0 Å². The summed E-state index contributed by atoms with van der Waals surface area (Å²) in [6, 6.07) is 0. The lowest BCUT2D eigenvalue weighted by Crippen LogP contribution is -2.24. The van der Waals surface area contributed by atoms with Crippen molar-refractivity contribution in [3.05, 3.63) is 15.9 Å². The quantitative estimate of drug-likeness (QED) is 0.900. The lowest BCUT2D eigenvalue weighted by atomic mass is 10.1. The highest BCUT2D eigenvalue weighted by Gasteiger charge is 2.26. The molecule has 18 heavy (non-hydrogen) atoms. The zero-order chi connectivity index (χ0) is 13.1. The fraction of sp³-hybridized carbons (Fsp3) is 0.769. The Balaban J connectivity index is 2.14. The van der Waals surface area contributed by atoms with Gasteiger partial charge in [-0.15, -0.1) is 0 Å². The van der Waals surface area contributed by atoms with Crippen molar-refractivity contribution < 1.29 is 5.11 Å². The molecule has 0 saturated carbocycles. The van der Waals surface area contributed by atoms with E-state index in [1.54, 1.807) is 0 Å². The summed E-state index contributed by atoms with van der Waals surface area (Å²) in [5, 5.41) is 15.3. The first kappa shape index (κ1) is 14.4. The summed E-state index contributed by atoms with van der Waals surface area (Å²) in [7, 11) is 0. The Hall–Kier alpha value is -0.000000000000000111. The Labute approximate surface area is 121 Å². The standard InChI is InChI=1S/C13H21BrN2OS/c1-3-9-13(14)10(16(4-2)15-9)8-11(17)12-6-5-7-18-12/h11-12,17H,3-8H2,1-2H3. The largest absolute Gasteiger partial charge is 0.392 e. The van der Waals surface area contributed by atoms with Gasteiger partial charge in [0.05, 0.1) is 22.0 Å². The van der Waals surface area contributed by atoms with Gasteiger partial charge < -0.3 is 5.11 Å². The highest BCUT2D eigenvalue weighted by Crippen LogP contribution is 2.32. The van der Waals surface area contributed by atoms with Crippen molar-refractivity contribution >= 4 is 27.7 Å². The van der Waals surface area contributed by atoms with Crippen molar-refractivity contribution in [3.63, 3.8) is 0 Å². The molecule has 2 atom stereocenters. The second-order valence-corrected chi connectivity index (χ2v) is 6.84. The van der Waals surface area contributed by atoms with Crippen LogP contribution >= 0.6 is 27.7 Å². The van der Waals surface area contributed by atoms with Crippen molar-refractivity contribution in [2.75, 3.05) is 5.75 Å². The molecule has 102 valence electrons. The molecule has 2 rings (SSSR count). The minimum absolute atomic E-state index is 0.250. The van der Waals surface area contributed by atoms with Crippen LogP contribution in [0.15, 0.2) is 4.47 Å². The first-order chi connectivity index (χ1) is 8.67. The molecule has 1 aliphatic heterocycles. The van der Waals surface area contributed by atoms with Crippen LogP contribution in [0, 0.1) is 0 Å². The maximum absolute atomic E-state index is 10.3. The molecule has 0 aliphatic carbocycles. The molecule has 0 radical (unpaired) electrons. The third-order valence-corrected chi connectivity index (χ3v) is 5.91. The average Bonchev–Trinajstić information content (AvgIpc) is 2.99. The fourth-order valence-electron chi connectivity index (χ4n) is 2.45. The SMILES string of the molecule is CCc1nn(CC)c(CC(O)C2CCCS2)c1Br. The van der Waals surface area contributed by atoms with E-state index in [4.69, 9.17) is 0 Å². The van der Waals surface area contributed by atoms with Crippen LogP contribution in [0.2, 0.25) is 0 Å². The van der Waals surface area contributed by atoms with Crippen molar-refractivity contribution in [2.45, 2.75) is 57.4 Å². The predicted molar refractivity (Wildman–Crippen MR) is 80.2 cm³/mol. The summed E-state index contributed by atoms with van der Waals surface area (Å²) in [6.07, 6.45) is 3.76. The molecule has 1 aromatic heterocycles. The minimum Gasteiger partial charge on any atom is -0.392 e. The van der Waals surface area contributed by atoms with Gasteiger partial charge in [0.1, 0.15) is 0 Å². The number of thioether (sulfide) groups is 1. The minimum atomic E-state index is -0.250. The summed E-state index contributed by atoms with van der Waals surface area (Å²) in [6.45, 7) is 5.07. The summed E-state index contributed by atoms with van der Waals surface area (Å²) in [5.41, 5.74) is 2.24. The van der Waals surface area contributed by atoms with E-state index in [2.05, 4.69) is 34.9 Å². The number of hydrogen-bond acceptors (Lipinski definition) is 3. The van der Waals surface area contributed by atoms with Crippen molar-refractivity contribution in [1.82, 2.24) is 9.78 Å². The Morgan fingerprint density at radius 1 is 1.56 bits per heavy atom. The van der Waals surface area contributed by atoms with Gasteiger partial charge >= 0.3 is 0 Å². The number of aromatic nitrogens is 2. The van der Waals surface area contributed by atoms with E-state index in [1.807, 2.05) is 16.4 Å². The smallest absolute Gasteiger partial charge is 0.0766 e. The Kier molecular flexibility index (Phi) is 5.15. The number of halogens is 1. The van der Waals surface area contributed by atoms with Crippen LogP contribution in [-0.4, -0.2) is 32.0 Å². The molecule has 0 spiro atoms. The Morgan fingerprint density at radius 2 is 2.33 bits per heavy atom. The maximum atomic E-state index is 10.3.